The molecule has 2 aromatic carbocycles. The first-order valence-electron chi connectivity index (χ1n) is 9.61. The summed E-state index contributed by atoms with van der Waals surface area (Å²) < 4.78 is 46.2. The predicted octanol–water partition coefficient (Wildman–Crippen LogP) is 2.65. The second-order valence-electron chi connectivity index (χ2n) is 6.45. The van der Waals surface area contributed by atoms with Gasteiger partial charge in [0.2, 0.25) is 0 Å². The van der Waals surface area contributed by atoms with Crippen molar-refractivity contribution in [3.63, 3.8) is 0 Å². The molecule has 170 valence electrons. The van der Waals surface area contributed by atoms with Gasteiger partial charge in [-0.3, -0.25) is 0 Å². The fourth-order valence-electron chi connectivity index (χ4n) is 2.73. The molecule has 0 saturated heterocycles. The van der Waals surface area contributed by atoms with Crippen LogP contribution in [0.25, 0.3) is 0 Å². The van der Waals surface area contributed by atoms with Crippen LogP contribution in [0.3, 0.4) is 0 Å². The molecule has 0 aliphatic heterocycles. The second-order valence-corrected chi connectivity index (χ2v) is 7.99. The summed E-state index contributed by atoms with van der Waals surface area (Å²) in [7, 11) is 0.362. The van der Waals surface area contributed by atoms with E-state index >= 15 is 0 Å². The van der Waals surface area contributed by atoms with Gasteiger partial charge in [-0.25, -0.2) is 4.79 Å². The van der Waals surface area contributed by atoms with Crippen molar-refractivity contribution in [3.8, 4) is 17.2 Å². The van der Waals surface area contributed by atoms with Gasteiger partial charge in [-0.2, -0.15) is 8.42 Å². The van der Waals surface area contributed by atoms with Crippen LogP contribution in [-0.2, 0) is 21.4 Å². The fraction of sp³-hybridized carbons (Fsp3) is 0.381. The van der Waals surface area contributed by atoms with Crippen LogP contribution in [0.5, 0.6) is 17.2 Å². The summed E-state index contributed by atoms with van der Waals surface area (Å²) in [6.07, 6.45) is 0. The molecule has 0 atom stereocenters. The van der Waals surface area contributed by atoms with Crippen LogP contribution in [0.4, 0.5) is 4.79 Å². The molecule has 0 spiro atoms. The van der Waals surface area contributed by atoms with Gasteiger partial charge in [0.15, 0.2) is 11.5 Å². The van der Waals surface area contributed by atoms with Crippen molar-refractivity contribution < 1.29 is 31.6 Å². The highest BCUT2D eigenvalue weighted by molar-refractivity contribution is 7.87. The number of methoxy groups -OCH3 is 3. The summed E-state index contributed by atoms with van der Waals surface area (Å²) in [4.78, 5) is 13.9. The average Bonchev–Trinajstić information content (AvgIpc) is 2.76. The SMILES string of the molecule is CCNC(=O)N(CCOC)Cc1ccc(OC)c(OS(=O)(=O)c2ccc(OC)cc2)c1. The molecule has 0 fully saturated rings. The third-order valence-electron chi connectivity index (χ3n) is 4.33. The normalized spacial score (nSPS) is 11.0. The fourth-order valence-corrected chi connectivity index (χ4v) is 3.66. The van der Waals surface area contributed by atoms with Gasteiger partial charge in [-0.1, -0.05) is 6.07 Å². The highest BCUT2D eigenvalue weighted by Gasteiger charge is 2.21. The number of amides is 2. The molecule has 0 heterocycles. The molecule has 0 aliphatic rings. The molecular formula is C21H28N2O7S. The zero-order chi connectivity index (χ0) is 22.9. The number of urea groups is 1. The van der Waals surface area contributed by atoms with Gasteiger partial charge in [-0.15, -0.1) is 0 Å². The number of hydrogen-bond donors (Lipinski definition) is 1. The molecule has 2 rings (SSSR count). The smallest absolute Gasteiger partial charge is 0.339 e. The van der Waals surface area contributed by atoms with Crippen molar-refractivity contribution in [1.82, 2.24) is 10.2 Å². The molecule has 31 heavy (non-hydrogen) atoms. The van der Waals surface area contributed by atoms with Gasteiger partial charge in [0.05, 0.1) is 20.8 Å². The number of carbonyl (C=O) groups is 1. The van der Waals surface area contributed by atoms with Crippen molar-refractivity contribution in [2.45, 2.75) is 18.4 Å². The summed E-state index contributed by atoms with van der Waals surface area (Å²) in [5.41, 5.74) is 0.670. The molecule has 2 amide bonds. The molecule has 2 aromatic rings. The number of rotatable bonds is 11. The lowest BCUT2D eigenvalue weighted by Crippen LogP contribution is -2.41. The molecule has 0 aliphatic carbocycles. The van der Waals surface area contributed by atoms with Crippen LogP contribution in [0, 0.1) is 0 Å². The van der Waals surface area contributed by atoms with Gasteiger partial charge in [0.1, 0.15) is 10.6 Å². The van der Waals surface area contributed by atoms with Gasteiger partial charge in [-0.05, 0) is 48.9 Å². The molecule has 0 aromatic heterocycles. The number of nitrogens with one attached hydrogen (secondary N) is 1. The molecule has 0 unspecified atom stereocenters. The Hall–Kier alpha value is -2.98. The van der Waals surface area contributed by atoms with E-state index in [9.17, 15) is 13.2 Å². The summed E-state index contributed by atoms with van der Waals surface area (Å²) in [5, 5.41) is 2.75. The quantitative estimate of drug-likeness (QED) is 0.523. The molecule has 1 N–H and O–H groups in total. The Bertz CT molecular complexity index is 962. The lowest BCUT2D eigenvalue weighted by Gasteiger charge is -2.23. The highest BCUT2D eigenvalue weighted by atomic mass is 32.2. The van der Waals surface area contributed by atoms with Gasteiger partial charge in [0.25, 0.3) is 0 Å². The number of hydrogen-bond acceptors (Lipinski definition) is 7. The van der Waals surface area contributed by atoms with Crippen LogP contribution in [0.2, 0.25) is 0 Å². The topological polar surface area (TPSA) is 103 Å². The van der Waals surface area contributed by atoms with Crippen molar-refractivity contribution >= 4 is 16.1 Å². The maximum atomic E-state index is 12.7. The average molecular weight is 453 g/mol. The number of ether oxygens (including phenoxy) is 3. The zero-order valence-electron chi connectivity index (χ0n) is 18.1. The molecule has 0 saturated carbocycles. The highest BCUT2D eigenvalue weighted by Crippen LogP contribution is 2.31. The molecule has 9 nitrogen and oxygen atoms in total. The lowest BCUT2D eigenvalue weighted by atomic mass is 10.2. The first-order valence-corrected chi connectivity index (χ1v) is 11.0. The summed E-state index contributed by atoms with van der Waals surface area (Å²) in [5.74, 6) is 0.806. The van der Waals surface area contributed by atoms with E-state index in [1.54, 1.807) is 30.2 Å². The van der Waals surface area contributed by atoms with E-state index in [1.165, 1.54) is 38.5 Å². The Labute approximate surface area is 183 Å². The first-order chi connectivity index (χ1) is 14.8. The number of nitrogens with zero attached hydrogens (tertiary/aromatic N) is 1. The second kappa shape index (κ2) is 11.4. The number of benzene rings is 2. The minimum atomic E-state index is -4.10. The Balaban J connectivity index is 2.28. The van der Waals surface area contributed by atoms with Crippen LogP contribution >= 0.6 is 0 Å². The Morgan fingerprint density at radius 3 is 2.29 bits per heavy atom. The van der Waals surface area contributed by atoms with Gasteiger partial charge < -0.3 is 28.6 Å². The van der Waals surface area contributed by atoms with Crippen molar-refractivity contribution in [2.24, 2.45) is 0 Å². The zero-order valence-corrected chi connectivity index (χ0v) is 18.9. The van der Waals surface area contributed by atoms with Crippen molar-refractivity contribution in [1.29, 1.82) is 0 Å². The van der Waals surface area contributed by atoms with Crippen molar-refractivity contribution in [3.05, 3.63) is 48.0 Å². The van der Waals surface area contributed by atoms with E-state index in [0.717, 1.165) is 0 Å². The maximum absolute atomic E-state index is 12.7. The van der Waals surface area contributed by atoms with Crippen LogP contribution in [-0.4, -0.2) is 60.4 Å². The lowest BCUT2D eigenvalue weighted by molar-refractivity contribution is 0.146. The molecule has 0 bridgehead atoms. The summed E-state index contributed by atoms with van der Waals surface area (Å²) in [6, 6.07) is 10.5. The van der Waals surface area contributed by atoms with Gasteiger partial charge in [0, 0.05) is 26.7 Å². The summed E-state index contributed by atoms with van der Waals surface area (Å²) in [6.45, 7) is 3.28. The Morgan fingerprint density at radius 1 is 1.00 bits per heavy atom. The van der Waals surface area contributed by atoms with E-state index in [1.807, 2.05) is 6.92 Å². The largest absolute Gasteiger partial charge is 0.497 e. The Kier molecular flexibility index (Phi) is 8.95. The van der Waals surface area contributed by atoms with E-state index in [4.69, 9.17) is 18.4 Å². The van der Waals surface area contributed by atoms with Crippen molar-refractivity contribution in [2.75, 3.05) is 41.0 Å². The minimum Gasteiger partial charge on any atom is -0.497 e. The van der Waals surface area contributed by atoms with Gasteiger partial charge >= 0.3 is 16.1 Å². The van der Waals surface area contributed by atoms with Crippen LogP contribution in [0.15, 0.2) is 47.4 Å². The van der Waals surface area contributed by atoms with Crippen LogP contribution in [0.1, 0.15) is 12.5 Å². The molecule has 10 heteroatoms. The van der Waals surface area contributed by atoms with Crippen LogP contribution < -0.4 is 19.0 Å². The molecular weight excluding hydrogens is 424 g/mol. The van der Waals surface area contributed by atoms with E-state index in [-0.39, 0.29) is 29.0 Å². The van der Waals surface area contributed by atoms with E-state index < -0.39 is 10.1 Å². The Morgan fingerprint density at radius 2 is 1.71 bits per heavy atom. The standard InChI is InChI=1S/C21H28N2O7S/c1-5-22-21(24)23(12-13-27-2)15-16-6-11-19(29-4)20(14-16)30-31(25,26)18-9-7-17(28-3)8-10-18/h6-11,14H,5,12-13,15H2,1-4H3,(H,22,24). The molecule has 0 radical (unpaired) electrons. The third-order valence-corrected chi connectivity index (χ3v) is 5.58. The third kappa shape index (κ3) is 6.76. The van der Waals surface area contributed by atoms with E-state index in [2.05, 4.69) is 5.32 Å². The predicted molar refractivity (Wildman–Crippen MR) is 115 cm³/mol. The van der Waals surface area contributed by atoms with E-state index in [0.29, 0.717) is 31.0 Å². The number of carbonyl (C=O) groups excluding carboxylic acids is 1. The monoisotopic (exact) mass is 452 g/mol. The maximum Gasteiger partial charge on any atom is 0.339 e. The minimum absolute atomic E-state index is 0.0233. The first kappa shape index (κ1) is 24.3. The summed E-state index contributed by atoms with van der Waals surface area (Å²) >= 11 is 0.